The maximum Gasteiger partial charge on any atom is 0.273 e. The summed E-state index contributed by atoms with van der Waals surface area (Å²) >= 11 is 1.30. The number of thiazole rings is 1. The van der Waals surface area contributed by atoms with E-state index in [-0.39, 0.29) is 30.5 Å². The molecule has 3 aromatic rings. The van der Waals surface area contributed by atoms with Crippen molar-refractivity contribution in [2.75, 3.05) is 31.1 Å². The molecule has 34 heavy (non-hydrogen) atoms. The van der Waals surface area contributed by atoms with Crippen LogP contribution in [0.15, 0.2) is 33.9 Å². The Morgan fingerprint density at radius 2 is 1.94 bits per heavy atom. The van der Waals surface area contributed by atoms with E-state index >= 15 is 0 Å². The Balaban J connectivity index is 1.21. The van der Waals surface area contributed by atoms with E-state index in [9.17, 15) is 14.4 Å². The highest BCUT2D eigenvalue weighted by Gasteiger charge is 2.30. The van der Waals surface area contributed by atoms with E-state index in [1.165, 1.54) is 28.7 Å². The number of fused-ring (bicyclic) bond motifs is 1. The molecule has 5 rings (SSSR count). The van der Waals surface area contributed by atoms with Gasteiger partial charge in [0.15, 0.2) is 10.8 Å². The SMILES string of the molecule is O=C(Cn1cnc2nc(N3CCC(C(=O)N4CCCCC4)CC3)sc2c1=O)NCc1ccco1. The van der Waals surface area contributed by atoms with Gasteiger partial charge in [-0.1, -0.05) is 11.3 Å². The van der Waals surface area contributed by atoms with Crippen LogP contribution in [0.25, 0.3) is 10.3 Å². The summed E-state index contributed by atoms with van der Waals surface area (Å²) in [6.07, 6.45) is 7.91. The van der Waals surface area contributed by atoms with Crippen molar-refractivity contribution in [2.24, 2.45) is 5.92 Å². The maximum absolute atomic E-state index is 12.9. The smallest absolute Gasteiger partial charge is 0.273 e. The zero-order valence-corrected chi connectivity index (χ0v) is 19.8. The molecule has 2 amide bonds. The molecule has 0 aromatic carbocycles. The molecule has 0 atom stereocenters. The molecule has 3 aromatic heterocycles. The number of likely N-dealkylation sites (tertiary alicyclic amines) is 1. The average molecular weight is 485 g/mol. The first kappa shape index (κ1) is 22.6. The van der Waals surface area contributed by atoms with Gasteiger partial charge >= 0.3 is 0 Å². The molecular formula is C23H28N6O4S. The van der Waals surface area contributed by atoms with Gasteiger partial charge in [-0.3, -0.25) is 19.0 Å². The van der Waals surface area contributed by atoms with Crippen molar-refractivity contribution in [3.63, 3.8) is 0 Å². The number of carbonyl (C=O) groups is 2. The molecule has 2 saturated heterocycles. The van der Waals surface area contributed by atoms with Crippen LogP contribution in [0, 0.1) is 5.92 Å². The number of nitrogens with one attached hydrogen (secondary N) is 1. The standard InChI is InChI=1S/C23H28N6O4S/c30-18(24-13-17-5-4-12-33-17)14-29-15-25-20-19(22(29)32)34-23(26-20)28-10-6-16(7-11-28)21(31)27-8-2-1-3-9-27/h4-5,12,15-16H,1-3,6-11,13-14H2,(H,24,30). The van der Waals surface area contributed by atoms with Crippen LogP contribution < -0.4 is 15.8 Å². The molecule has 10 nitrogen and oxygen atoms in total. The zero-order valence-electron chi connectivity index (χ0n) is 18.9. The molecule has 180 valence electrons. The average Bonchev–Trinajstić information content (AvgIpc) is 3.55. The molecule has 0 radical (unpaired) electrons. The Bertz CT molecular complexity index is 1210. The molecule has 0 unspecified atom stereocenters. The largest absolute Gasteiger partial charge is 0.467 e. The van der Waals surface area contributed by atoms with E-state index in [2.05, 4.69) is 20.2 Å². The van der Waals surface area contributed by atoms with Crippen molar-refractivity contribution < 1.29 is 14.0 Å². The predicted molar refractivity (Wildman–Crippen MR) is 128 cm³/mol. The zero-order chi connectivity index (χ0) is 23.5. The number of anilines is 1. The summed E-state index contributed by atoms with van der Waals surface area (Å²) in [6, 6.07) is 3.52. The van der Waals surface area contributed by atoms with Crippen LogP contribution in [-0.2, 0) is 22.7 Å². The molecule has 11 heteroatoms. The van der Waals surface area contributed by atoms with Crippen molar-refractivity contribution in [1.29, 1.82) is 0 Å². The number of furan rings is 1. The maximum atomic E-state index is 12.9. The predicted octanol–water partition coefficient (Wildman–Crippen LogP) is 1.99. The van der Waals surface area contributed by atoms with Gasteiger partial charge in [0.25, 0.3) is 5.56 Å². The van der Waals surface area contributed by atoms with Gasteiger partial charge in [0.2, 0.25) is 11.8 Å². The summed E-state index contributed by atoms with van der Waals surface area (Å²) in [4.78, 5) is 51.0. The minimum absolute atomic E-state index is 0.0683. The second-order valence-corrected chi connectivity index (χ2v) is 9.81. The number of amides is 2. The van der Waals surface area contributed by atoms with E-state index in [1.54, 1.807) is 18.4 Å². The Kier molecular flexibility index (Phi) is 6.61. The van der Waals surface area contributed by atoms with Crippen LogP contribution in [0.4, 0.5) is 5.13 Å². The summed E-state index contributed by atoms with van der Waals surface area (Å²) < 4.78 is 6.93. The van der Waals surface area contributed by atoms with Gasteiger partial charge < -0.3 is 19.5 Å². The number of rotatable bonds is 6. The normalized spacial score (nSPS) is 17.3. The molecule has 0 aliphatic carbocycles. The molecule has 2 aliphatic rings. The Labute approximate surface area is 200 Å². The van der Waals surface area contributed by atoms with Crippen molar-refractivity contribution >= 4 is 38.6 Å². The third-order valence-electron chi connectivity index (χ3n) is 6.51. The van der Waals surface area contributed by atoms with Crippen LogP contribution in [0.3, 0.4) is 0 Å². The quantitative estimate of drug-likeness (QED) is 0.569. The minimum Gasteiger partial charge on any atom is -0.467 e. The molecule has 0 bridgehead atoms. The van der Waals surface area contributed by atoms with Gasteiger partial charge in [0.05, 0.1) is 12.8 Å². The third kappa shape index (κ3) is 4.84. The van der Waals surface area contributed by atoms with Gasteiger partial charge in [-0.2, -0.15) is 4.98 Å². The molecular weight excluding hydrogens is 456 g/mol. The fraction of sp³-hybridized carbons (Fsp3) is 0.522. The van der Waals surface area contributed by atoms with Gasteiger partial charge in [0.1, 0.15) is 23.3 Å². The monoisotopic (exact) mass is 484 g/mol. The molecule has 5 heterocycles. The lowest BCUT2D eigenvalue weighted by Crippen LogP contribution is -2.44. The first-order valence-corrected chi connectivity index (χ1v) is 12.6. The summed E-state index contributed by atoms with van der Waals surface area (Å²) in [5, 5.41) is 3.47. The second-order valence-electron chi connectivity index (χ2n) is 8.83. The van der Waals surface area contributed by atoms with Crippen molar-refractivity contribution in [3.05, 3.63) is 40.8 Å². The van der Waals surface area contributed by atoms with Gasteiger partial charge in [-0.15, -0.1) is 0 Å². The Hall–Kier alpha value is -3.21. The fourth-order valence-electron chi connectivity index (χ4n) is 4.58. The highest BCUT2D eigenvalue weighted by atomic mass is 32.1. The molecule has 0 saturated carbocycles. The van der Waals surface area contributed by atoms with Crippen LogP contribution in [0.2, 0.25) is 0 Å². The summed E-state index contributed by atoms with van der Waals surface area (Å²) in [7, 11) is 0. The van der Waals surface area contributed by atoms with E-state index in [1.807, 2.05) is 4.90 Å². The Morgan fingerprint density at radius 1 is 1.15 bits per heavy atom. The van der Waals surface area contributed by atoms with Gasteiger partial charge in [0, 0.05) is 32.1 Å². The summed E-state index contributed by atoms with van der Waals surface area (Å²) in [5.41, 5.74) is 0.112. The van der Waals surface area contributed by atoms with Crippen molar-refractivity contribution in [2.45, 2.75) is 45.2 Å². The van der Waals surface area contributed by atoms with E-state index in [0.717, 1.165) is 57.0 Å². The fourth-order valence-corrected chi connectivity index (χ4v) is 5.60. The lowest BCUT2D eigenvalue weighted by molar-refractivity contribution is -0.137. The number of piperidine rings is 2. The van der Waals surface area contributed by atoms with E-state index in [0.29, 0.717) is 22.0 Å². The molecule has 1 N–H and O–H groups in total. The van der Waals surface area contributed by atoms with Crippen LogP contribution >= 0.6 is 11.3 Å². The number of hydrogen-bond acceptors (Lipinski definition) is 8. The van der Waals surface area contributed by atoms with Crippen LogP contribution in [0.1, 0.15) is 37.9 Å². The number of carbonyl (C=O) groups excluding carboxylic acids is 2. The lowest BCUT2D eigenvalue weighted by atomic mass is 9.94. The van der Waals surface area contributed by atoms with Crippen LogP contribution in [0.5, 0.6) is 0 Å². The molecule has 0 spiro atoms. The highest BCUT2D eigenvalue weighted by molar-refractivity contribution is 7.22. The minimum atomic E-state index is -0.301. The first-order chi connectivity index (χ1) is 16.6. The molecule has 2 aliphatic heterocycles. The topological polar surface area (TPSA) is 114 Å². The second kappa shape index (κ2) is 9.96. The summed E-state index contributed by atoms with van der Waals surface area (Å²) in [6.45, 7) is 3.36. The van der Waals surface area contributed by atoms with Crippen LogP contribution in [-0.4, -0.2) is 57.4 Å². The first-order valence-electron chi connectivity index (χ1n) is 11.8. The highest BCUT2D eigenvalue weighted by Crippen LogP contribution is 2.30. The number of nitrogens with zero attached hydrogens (tertiary/aromatic N) is 5. The molecule has 2 fully saturated rings. The van der Waals surface area contributed by atoms with E-state index < -0.39 is 0 Å². The summed E-state index contributed by atoms with van der Waals surface area (Å²) in [5.74, 6) is 0.699. The lowest BCUT2D eigenvalue weighted by Gasteiger charge is -2.35. The van der Waals surface area contributed by atoms with Gasteiger partial charge in [-0.25, -0.2) is 4.98 Å². The van der Waals surface area contributed by atoms with Gasteiger partial charge in [-0.05, 0) is 44.2 Å². The van der Waals surface area contributed by atoms with E-state index in [4.69, 9.17) is 4.42 Å². The van der Waals surface area contributed by atoms with Crippen molar-refractivity contribution in [1.82, 2.24) is 24.8 Å². The third-order valence-corrected chi connectivity index (χ3v) is 7.60. The number of hydrogen-bond donors (Lipinski definition) is 1. The Morgan fingerprint density at radius 3 is 2.68 bits per heavy atom. The number of aromatic nitrogens is 3. The van der Waals surface area contributed by atoms with Crippen molar-refractivity contribution in [3.8, 4) is 0 Å².